The monoisotopic (exact) mass is 501 g/mol. The highest BCUT2D eigenvalue weighted by molar-refractivity contribution is 7.22. The van der Waals surface area contributed by atoms with E-state index in [1.165, 1.54) is 5.56 Å². The topological polar surface area (TPSA) is 54.9 Å². The Balaban J connectivity index is 1.35. The number of thiazole rings is 1. The maximum Gasteiger partial charge on any atom is 0.260 e. The molecule has 3 aromatic carbocycles. The lowest BCUT2D eigenvalue weighted by atomic mass is 10.2. The molecule has 0 N–H and O–H groups in total. The Kier molecular flexibility index (Phi) is 7.91. The number of ether oxygens (including phenoxy) is 2. The van der Waals surface area contributed by atoms with Gasteiger partial charge in [0.2, 0.25) is 0 Å². The third kappa shape index (κ3) is 5.93. The molecule has 1 fully saturated rings. The van der Waals surface area contributed by atoms with Crippen LogP contribution in [0.1, 0.15) is 29.3 Å². The van der Waals surface area contributed by atoms with Crippen molar-refractivity contribution in [3.05, 3.63) is 83.9 Å². The number of rotatable bonds is 9. The highest BCUT2D eigenvalue weighted by Crippen LogP contribution is 2.31. The summed E-state index contributed by atoms with van der Waals surface area (Å²) in [5.74, 6) is 1.42. The van der Waals surface area contributed by atoms with Crippen LogP contribution in [0.15, 0.2) is 72.8 Å². The average molecular weight is 502 g/mol. The molecule has 1 aliphatic rings. The smallest absolute Gasteiger partial charge is 0.260 e. The predicted molar refractivity (Wildman–Crippen MR) is 146 cm³/mol. The standard InChI is InChI=1S/C29H31N3O3S/c1-2-22-9-14-26-27(21-22)36-29(30-26)32(16-6-15-31-17-19-34-20-18-31)28(33)23-10-12-25(13-11-23)35-24-7-4-3-5-8-24/h3-5,7-14,21H,2,6,15-20H2,1H3. The zero-order chi connectivity index (χ0) is 24.7. The molecule has 0 spiro atoms. The number of para-hydroxylation sites is 1. The molecule has 7 heteroatoms. The van der Waals surface area contributed by atoms with Gasteiger partial charge in [-0.05, 0) is 66.9 Å². The number of aromatic nitrogens is 1. The van der Waals surface area contributed by atoms with Gasteiger partial charge in [0.25, 0.3) is 5.91 Å². The summed E-state index contributed by atoms with van der Waals surface area (Å²) in [5, 5.41) is 0.745. The molecule has 6 nitrogen and oxygen atoms in total. The van der Waals surface area contributed by atoms with Crippen molar-refractivity contribution in [2.75, 3.05) is 44.3 Å². The lowest BCUT2D eigenvalue weighted by Gasteiger charge is -2.27. The van der Waals surface area contributed by atoms with Crippen molar-refractivity contribution in [3.8, 4) is 11.5 Å². The van der Waals surface area contributed by atoms with Crippen LogP contribution in [-0.2, 0) is 11.2 Å². The summed E-state index contributed by atoms with van der Waals surface area (Å²) in [4.78, 5) is 22.8. The molecule has 36 heavy (non-hydrogen) atoms. The fourth-order valence-electron chi connectivity index (χ4n) is 4.30. The van der Waals surface area contributed by atoms with E-state index in [1.807, 2.05) is 59.5 Å². The second-order valence-electron chi connectivity index (χ2n) is 8.86. The second kappa shape index (κ2) is 11.6. The van der Waals surface area contributed by atoms with Crippen molar-refractivity contribution in [2.45, 2.75) is 19.8 Å². The summed E-state index contributed by atoms with van der Waals surface area (Å²) >= 11 is 1.58. The number of carbonyl (C=O) groups excluding carboxylic acids is 1. The van der Waals surface area contributed by atoms with Gasteiger partial charge in [-0.15, -0.1) is 0 Å². The largest absolute Gasteiger partial charge is 0.457 e. The van der Waals surface area contributed by atoms with Crippen LogP contribution in [-0.4, -0.2) is 55.2 Å². The highest BCUT2D eigenvalue weighted by atomic mass is 32.1. The first-order chi connectivity index (χ1) is 17.7. The number of nitrogens with zero attached hydrogens (tertiary/aromatic N) is 3. The third-order valence-corrected chi connectivity index (χ3v) is 7.41. The van der Waals surface area contributed by atoms with Gasteiger partial charge >= 0.3 is 0 Å². The van der Waals surface area contributed by atoms with Crippen molar-refractivity contribution >= 4 is 32.6 Å². The Morgan fingerprint density at radius 2 is 1.78 bits per heavy atom. The van der Waals surface area contributed by atoms with E-state index in [2.05, 4.69) is 30.0 Å². The van der Waals surface area contributed by atoms with Gasteiger partial charge < -0.3 is 9.47 Å². The molecule has 186 valence electrons. The lowest BCUT2D eigenvalue weighted by molar-refractivity contribution is 0.0376. The van der Waals surface area contributed by atoms with Crippen LogP contribution in [0.5, 0.6) is 11.5 Å². The van der Waals surface area contributed by atoms with Crippen LogP contribution in [0, 0.1) is 0 Å². The van der Waals surface area contributed by atoms with Gasteiger partial charge in [-0.25, -0.2) is 4.98 Å². The number of aryl methyl sites for hydroxylation is 1. The minimum Gasteiger partial charge on any atom is -0.457 e. The molecular weight excluding hydrogens is 470 g/mol. The van der Waals surface area contributed by atoms with Crippen LogP contribution >= 0.6 is 11.3 Å². The molecule has 0 saturated carbocycles. The Hall–Kier alpha value is -3.26. The van der Waals surface area contributed by atoms with Gasteiger partial charge in [0, 0.05) is 31.7 Å². The minimum atomic E-state index is -0.0435. The summed E-state index contributed by atoms with van der Waals surface area (Å²) in [6.45, 7) is 7.13. The highest BCUT2D eigenvalue weighted by Gasteiger charge is 2.22. The Labute approximate surface area is 216 Å². The quantitative estimate of drug-likeness (QED) is 0.281. The fraction of sp³-hybridized carbons (Fsp3) is 0.310. The number of morpholine rings is 1. The number of hydrogen-bond acceptors (Lipinski definition) is 6. The van der Waals surface area contributed by atoms with Gasteiger partial charge in [-0.3, -0.25) is 14.6 Å². The molecule has 1 aliphatic heterocycles. The normalized spacial score (nSPS) is 14.1. The lowest BCUT2D eigenvalue weighted by Crippen LogP contribution is -2.39. The molecule has 0 atom stereocenters. The first-order valence-corrected chi connectivity index (χ1v) is 13.4. The molecule has 1 aromatic heterocycles. The maximum atomic E-state index is 13.7. The molecule has 0 unspecified atom stereocenters. The van der Waals surface area contributed by atoms with Crippen LogP contribution in [0.25, 0.3) is 10.2 Å². The van der Waals surface area contributed by atoms with E-state index in [4.69, 9.17) is 14.5 Å². The van der Waals surface area contributed by atoms with Crippen molar-refractivity contribution in [1.29, 1.82) is 0 Å². The van der Waals surface area contributed by atoms with Gasteiger partial charge in [0.1, 0.15) is 11.5 Å². The third-order valence-electron chi connectivity index (χ3n) is 6.37. The van der Waals surface area contributed by atoms with Crippen molar-refractivity contribution < 1.29 is 14.3 Å². The Morgan fingerprint density at radius 1 is 1.03 bits per heavy atom. The van der Waals surface area contributed by atoms with E-state index < -0.39 is 0 Å². The molecule has 4 aromatic rings. The summed E-state index contributed by atoms with van der Waals surface area (Å²) in [7, 11) is 0. The summed E-state index contributed by atoms with van der Waals surface area (Å²) in [5.41, 5.74) is 2.83. The molecule has 1 saturated heterocycles. The number of carbonyl (C=O) groups is 1. The van der Waals surface area contributed by atoms with Crippen LogP contribution in [0.2, 0.25) is 0 Å². The minimum absolute atomic E-state index is 0.0435. The zero-order valence-corrected chi connectivity index (χ0v) is 21.4. The number of anilines is 1. The summed E-state index contributed by atoms with van der Waals surface area (Å²) in [6, 6.07) is 23.3. The van der Waals surface area contributed by atoms with E-state index in [-0.39, 0.29) is 5.91 Å². The van der Waals surface area contributed by atoms with Crippen LogP contribution in [0.4, 0.5) is 5.13 Å². The van der Waals surface area contributed by atoms with E-state index >= 15 is 0 Å². The molecule has 2 heterocycles. The molecule has 5 rings (SSSR count). The number of benzene rings is 3. The number of amides is 1. The fourth-order valence-corrected chi connectivity index (χ4v) is 5.35. The van der Waals surface area contributed by atoms with E-state index in [0.29, 0.717) is 17.9 Å². The van der Waals surface area contributed by atoms with Crippen LogP contribution < -0.4 is 9.64 Å². The van der Waals surface area contributed by atoms with Gasteiger partial charge in [-0.1, -0.05) is 42.5 Å². The second-order valence-corrected chi connectivity index (χ2v) is 9.87. The SMILES string of the molecule is CCc1ccc2nc(N(CCCN3CCOCC3)C(=O)c3ccc(Oc4ccccc4)cc3)sc2c1. The van der Waals surface area contributed by atoms with Crippen molar-refractivity contribution in [3.63, 3.8) is 0 Å². The molecule has 0 bridgehead atoms. The molecular formula is C29H31N3O3S. The number of fused-ring (bicyclic) bond motifs is 1. The van der Waals surface area contributed by atoms with E-state index in [0.717, 1.165) is 66.8 Å². The molecule has 0 radical (unpaired) electrons. The first kappa shape index (κ1) is 24.4. The van der Waals surface area contributed by atoms with Gasteiger partial charge in [0.05, 0.1) is 23.4 Å². The summed E-state index contributed by atoms with van der Waals surface area (Å²) in [6.07, 6.45) is 1.85. The Morgan fingerprint density at radius 3 is 2.53 bits per heavy atom. The van der Waals surface area contributed by atoms with Gasteiger partial charge in [0.15, 0.2) is 5.13 Å². The van der Waals surface area contributed by atoms with E-state index in [9.17, 15) is 4.79 Å². The average Bonchev–Trinajstić information content (AvgIpc) is 3.35. The first-order valence-electron chi connectivity index (χ1n) is 12.5. The Bertz CT molecular complexity index is 1280. The van der Waals surface area contributed by atoms with Crippen LogP contribution in [0.3, 0.4) is 0 Å². The van der Waals surface area contributed by atoms with Crippen molar-refractivity contribution in [2.24, 2.45) is 0 Å². The summed E-state index contributed by atoms with van der Waals surface area (Å²) < 4.78 is 12.5. The van der Waals surface area contributed by atoms with Gasteiger partial charge in [-0.2, -0.15) is 0 Å². The molecule has 1 amide bonds. The predicted octanol–water partition coefficient (Wildman–Crippen LogP) is 6.02. The van der Waals surface area contributed by atoms with E-state index in [1.54, 1.807) is 11.3 Å². The number of hydrogen-bond donors (Lipinski definition) is 0. The zero-order valence-electron chi connectivity index (χ0n) is 20.6. The maximum absolute atomic E-state index is 13.7. The van der Waals surface area contributed by atoms with Crippen molar-refractivity contribution in [1.82, 2.24) is 9.88 Å². The molecule has 0 aliphatic carbocycles.